The number of carboxylic acids is 1. The van der Waals surface area contributed by atoms with Gasteiger partial charge in [-0.3, -0.25) is 33.6 Å². The largest absolute Gasteiger partial charge is 0.481 e. The number of ether oxygens (including phenoxy) is 1. The normalized spacial score (nSPS) is 21.0. The van der Waals surface area contributed by atoms with E-state index in [1.807, 2.05) is 0 Å². The molecule has 2 aromatic carbocycles. The molecule has 316 valence electrons. The van der Waals surface area contributed by atoms with E-state index in [9.17, 15) is 66.6 Å². The number of anilines is 3. The predicted molar refractivity (Wildman–Crippen MR) is 198 cm³/mol. The first-order valence-electron chi connectivity index (χ1n) is 17.8. The number of rotatable bonds is 13. The Kier molecular flexibility index (Phi) is 12.1. The van der Waals surface area contributed by atoms with Gasteiger partial charge in [0.05, 0.1) is 17.3 Å². The molecule has 1 saturated carbocycles. The summed E-state index contributed by atoms with van der Waals surface area (Å²) in [6.07, 6.45) is -1.77. The van der Waals surface area contributed by atoms with Crippen LogP contribution >= 0.6 is 15.2 Å². The predicted octanol–water partition coefficient (Wildman–Crippen LogP) is 1.99. The maximum atomic E-state index is 15.5. The molecule has 3 aromatic rings. The Bertz CT molecular complexity index is 2280. The highest BCUT2D eigenvalue weighted by Crippen LogP contribution is 2.61. The summed E-state index contributed by atoms with van der Waals surface area (Å²) in [5.74, 6) is -9.18. The molecule has 8 N–H and O–H groups in total. The molecule has 0 radical (unpaired) electrons. The van der Waals surface area contributed by atoms with Crippen LogP contribution < -0.4 is 30.5 Å². The summed E-state index contributed by atoms with van der Waals surface area (Å²) in [5, 5.41) is 14.9. The minimum absolute atomic E-state index is 0.0818. The lowest BCUT2D eigenvalue weighted by Crippen LogP contribution is -2.52. The van der Waals surface area contributed by atoms with Crippen molar-refractivity contribution in [1.29, 1.82) is 0 Å². The Morgan fingerprint density at radius 1 is 0.864 bits per heavy atom. The lowest BCUT2D eigenvalue weighted by molar-refractivity contribution is -0.139. The van der Waals surface area contributed by atoms with Gasteiger partial charge < -0.3 is 49.9 Å². The van der Waals surface area contributed by atoms with E-state index in [-0.39, 0.29) is 65.2 Å². The first-order chi connectivity index (χ1) is 27.5. The van der Waals surface area contributed by atoms with Crippen molar-refractivity contribution in [3.05, 3.63) is 77.1 Å². The van der Waals surface area contributed by atoms with Gasteiger partial charge in [0.1, 0.15) is 35.2 Å². The first kappa shape index (κ1) is 43.4. The zero-order chi connectivity index (χ0) is 43.3. The van der Waals surface area contributed by atoms with E-state index in [2.05, 4.69) is 20.9 Å². The van der Waals surface area contributed by atoms with Gasteiger partial charge in [-0.05, 0) is 68.0 Å². The summed E-state index contributed by atoms with van der Waals surface area (Å²) in [5.41, 5.74) is -0.503. The van der Waals surface area contributed by atoms with Gasteiger partial charge in [-0.2, -0.15) is 0 Å². The van der Waals surface area contributed by atoms with Gasteiger partial charge in [0.15, 0.2) is 22.8 Å². The summed E-state index contributed by atoms with van der Waals surface area (Å²) >= 11 is 0. The maximum absolute atomic E-state index is 15.5. The fraction of sp³-hybridized carbons (Fsp3) is 0.371. The number of ketones is 1. The fourth-order valence-electron chi connectivity index (χ4n) is 7.09. The molecular formula is C35H37F3N6O13P2. The molecule has 2 aliphatic heterocycles. The van der Waals surface area contributed by atoms with Gasteiger partial charge in [0, 0.05) is 31.7 Å². The molecule has 6 rings (SSSR count). The van der Waals surface area contributed by atoms with Crippen LogP contribution in [0.3, 0.4) is 0 Å². The molecule has 6 atom stereocenters. The molecule has 1 saturated heterocycles. The number of halogens is 3. The summed E-state index contributed by atoms with van der Waals surface area (Å²) in [6, 6.07) is 5.94. The number of nitrogens with zero attached hydrogens (tertiary/aromatic N) is 3. The van der Waals surface area contributed by atoms with E-state index in [0.717, 1.165) is 23.1 Å². The van der Waals surface area contributed by atoms with E-state index >= 15 is 4.39 Å². The van der Waals surface area contributed by atoms with Crippen LogP contribution in [-0.2, 0) is 29.9 Å². The highest BCUT2D eigenvalue weighted by atomic mass is 31.2. The van der Waals surface area contributed by atoms with Gasteiger partial charge in [-0.15, -0.1) is 0 Å². The van der Waals surface area contributed by atoms with Gasteiger partial charge >= 0.3 is 27.3 Å². The van der Waals surface area contributed by atoms with Crippen LogP contribution in [0.1, 0.15) is 29.8 Å². The van der Waals surface area contributed by atoms with Crippen LogP contribution in [0.25, 0.3) is 0 Å². The quantitative estimate of drug-likeness (QED) is 0.0901. The number of amides is 3. The number of fused-ring (bicyclic) bond motifs is 2. The minimum atomic E-state index is -5.16. The van der Waals surface area contributed by atoms with Crippen molar-refractivity contribution in [2.45, 2.75) is 43.8 Å². The zero-order valence-electron chi connectivity index (χ0n) is 30.9. The molecule has 59 heavy (non-hydrogen) atoms. The number of carboxylic acid groups (broad SMARTS) is 1. The molecule has 24 heteroatoms. The van der Waals surface area contributed by atoms with Crippen molar-refractivity contribution < 1.29 is 75.7 Å². The number of benzene rings is 2. The average Bonchev–Trinajstić information content (AvgIpc) is 3.55. The molecule has 1 aromatic heterocycles. The summed E-state index contributed by atoms with van der Waals surface area (Å²) in [4.78, 5) is 107. The Hall–Kier alpha value is -5.21. The molecule has 3 aliphatic rings. The topological polar surface area (TPSA) is 285 Å². The highest BCUT2D eigenvalue weighted by molar-refractivity contribution is 7.70. The van der Waals surface area contributed by atoms with Crippen LogP contribution in [0.2, 0.25) is 0 Å². The lowest BCUT2D eigenvalue weighted by Gasteiger charge is -2.34. The lowest BCUT2D eigenvalue weighted by atomic mass is 9.92. The number of hydrogen-bond acceptors (Lipinski definition) is 12. The number of carbonyl (C=O) groups excluding carboxylic acids is 4. The van der Waals surface area contributed by atoms with Crippen LogP contribution in [0, 0.1) is 35.2 Å². The van der Waals surface area contributed by atoms with Crippen molar-refractivity contribution in [1.82, 2.24) is 20.9 Å². The van der Waals surface area contributed by atoms with E-state index in [1.165, 1.54) is 38.1 Å². The van der Waals surface area contributed by atoms with Gasteiger partial charge in [0.25, 0.3) is 0 Å². The highest BCUT2D eigenvalue weighted by Gasteiger charge is 2.57. The molecule has 3 unspecified atom stereocenters. The summed E-state index contributed by atoms with van der Waals surface area (Å²) in [7, 11) is -10.3. The third-order valence-corrected chi connectivity index (χ3v) is 14.0. The Balaban J connectivity index is 1.00. The number of aromatic nitrogens is 1. The first-order valence-corrected chi connectivity index (χ1v) is 21.1. The third-order valence-electron chi connectivity index (χ3n) is 10.3. The maximum Gasteiger partial charge on any atom is 0.413 e. The fourth-order valence-corrected chi connectivity index (χ4v) is 9.55. The van der Waals surface area contributed by atoms with Crippen molar-refractivity contribution in [3.63, 3.8) is 0 Å². The standard InChI is InChI=1S/C35H37F3N6O13P2/c1-15(32(46)42-33(47)16(2)40-35(50)57-19-6-3-17(4-7-19)9-27(58(51,52)53)59(54,55)56)39-28-21-12-43(13-22(21)28)31-25(38)11-20-29(45)23(34(48)49)14-44(30(20)41-31)26-8-5-18(36)10-24(26)37/h3-8,10-11,15-16,21-23,27-28,39H,9,12-14H2,1-2H3,(H,40,50)(H,48,49)(H,42,46,47)(H2,51,52,53)(H2,54,55,56)/t15?,16-,21-,22+,23?,28?/m0/s1. The van der Waals surface area contributed by atoms with Crippen molar-refractivity contribution in [2.75, 3.05) is 29.4 Å². The Morgan fingerprint density at radius 2 is 1.47 bits per heavy atom. The molecule has 3 heterocycles. The molecule has 3 amide bonds. The van der Waals surface area contributed by atoms with Gasteiger partial charge in [-0.1, -0.05) is 12.1 Å². The Morgan fingerprint density at radius 3 is 2.05 bits per heavy atom. The van der Waals surface area contributed by atoms with Crippen LogP contribution in [0.5, 0.6) is 5.75 Å². The number of hydrogen-bond donors (Lipinski definition) is 8. The van der Waals surface area contributed by atoms with Crippen molar-refractivity contribution in [2.24, 2.45) is 17.8 Å². The summed E-state index contributed by atoms with van der Waals surface area (Å²) < 4.78 is 72.3. The van der Waals surface area contributed by atoms with Crippen LogP contribution in [-0.4, -0.2) is 102 Å². The van der Waals surface area contributed by atoms with E-state index in [1.54, 1.807) is 4.90 Å². The molecule has 0 bridgehead atoms. The smallest absolute Gasteiger partial charge is 0.413 e. The van der Waals surface area contributed by atoms with Gasteiger partial charge in [0.2, 0.25) is 11.8 Å². The molecule has 0 spiro atoms. The number of pyridine rings is 1. The second-order valence-electron chi connectivity index (χ2n) is 14.4. The van der Waals surface area contributed by atoms with Gasteiger partial charge in [-0.25, -0.2) is 22.9 Å². The van der Waals surface area contributed by atoms with Crippen LogP contribution in [0.15, 0.2) is 48.5 Å². The molecule has 2 fully saturated rings. The SMILES string of the molecule is CC(NC1[C@H]2CN(c3nc4c(cc3F)C(=O)C(C(=O)O)CN4c3ccc(F)cc3F)C[C@@H]12)C(=O)NC(=O)[C@H](C)NC(=O)Oc1ccc(CC(P(=O)(O)O)P(=O)(O)O)cc1. The van der Waals surface area contributed by atoms with E-state index in [4.69, 9.17) is 4.74 Å². The Labute approximate surface area is 332 Å². The molecular weight excluding hydrogens is 831 g/mol. The van der Waals surface area contributed by atoms with E-state index in [0.29, 0.717) is 6.07 Å². The second kappa shape index (κ2) is 16.4. The van der Waals surface area contributed by atoms with Crippen LogP contribution in [0.4, 0.5) is 35.3 Å². The number of piperidine rings is 1. The third kappa shape index (κ3) is 9.49. The van der Waals surface area contributed by atoms with E-state index < -0.39 is 98.7 Å². The number of Topliss-reactive ketones (excluding diaryl/α,β-unsaturated/α-hetero) is 1. The number of aliphatic carboxylic acids is 1. The zero-order valence-corrected chi connectivity index (χ0v) is 32.6. The number of carbonyl (C=O) groups is 5. The summed E-state index contributed by atoms with van der Waals surface area (Å²) in [6.45, 7) is 2.75. The molecule has 1 aliphatic carbocycles. The average molecular weight is 869 g/mol. The second-order valence-corrected chi connectivity index (χ2v) is 18.4. The monoisotopic (exact) mass is 868 g/mol. The van der Waals surface area contributed by atoms with Crippen molar-refractivity contribution in [3.8, 4) is 5.75 Å². The number of nitrogens with one attached hydrogen (secondary N) is 3. The minimum Gasteiger partial charge on any atom is -0.481 e. The van der Waals surface area contributed by atoms with Crippen molar-refractivity contribution >= 4 is 62.2 Å². The number of imide groups is 1. The molecule has 19 nitrogen and oxygen atoms in total.